The monoisotopic (exact) mass is 210 g/mol. The molecule has 2 aliphatic carbocycles. The van der Waals surface area contributed by atoms with Crippen LogP contribution >= 0.6 is 0 Å². The molecule has 0 saturated heterocycles. The van der Waals surface area contributed by atoms with Gasteiger partial charge in [0, 0.05) is 5.92 Å². The number of hydrogen-bond acceptors (Lipinski definition) is 0. The van der Waals surface area contributed by atoms with Gasteiger partial charge >= 0.3 is 0 Å². The van der Waals surface area contributed by atoms with Crippen LogP contribution in [0.3, 0.4) is 0 Å². The molecule has 2 unspecified atom stereocenters. The van der Waals surface area contributed by atoms with Crippen molar-refractivity contribution < 1.29 is 0 Å². The quantitative estimate of drug-likeness (QED) is 0.601. The molecular formula is C16H18. The lowest BCUT2D eigenvalue weighted by Crippen LogP contribution is -2.02. The summed E-state index contributed by atoms with van der Waals surface area (Å²) in [6.45, 7) is 4.62. The highest BCUT2D eigenvalue weighted by atomic mass is 14.3. The van der Waals surface area contributed by atoms with Crippen LogP contribution in [0.1, 0.15) is 31.4 Å². The molecule has 0 fully saturated rings. The molecular weight excluding hydrogens is 192 g/mol. The Bertz CT molecular complexity index is 477. The van der Waals surface area contributed by atoms with Crippen LogP contribution in [-0.2, 0) is 6.42 Å². The highest BCUT2D eigenvalue weighted by Crippen LogP contribution is 2.42. The number of hydrogen-bond donors (Lipinski definition) is 0. The van der Waals surface area contributed by atoms with E-state index in [-0.39, 0.29) is 0 Å². The first-order valence-electron chi connectivity index (χ1n) is 6.23. The molecule has 0 aliphatic heterocycles. The Morgan fingerprint density at radius 2 is 2.00 bits per heavy atom. The summed E-state index contributed by atoms with van der Waals surface area (Å²) in [5, 5.41) is 0. The van der Waals surface area contributed by atoms with E-state index in [4.69, 9.17) is 0 Å². The molecule has 16 heavy (non-hydrogen) atoms. The number of benzene rings is 1. The van der Waals surface area contributed by atoms with Crippen LogP contribution < -0.4 is 0 Å². The molecule has 0 nitrogen and oxygen atoms in total. The molecule has 0 saturated carbocycles. The predicted molar refractivity (Wildman–Crippen MR) is 69.2 cm³/mol. The SMILES string of the molecule is CC1=C2c3ccccc3CC(C)CC2C=C1. The van der Waals surface area contributed by atoms with Crippen molar-refractivity contribution in [2.24, 2.45) is 11.8 Å². The fourth-order valence-electron chi connectivity index (χ4n) is 3.20. The van der Waals surface area contributed by atoms with E-state index >= 15 is 0 Å². The molecule has 0 N–H and O–H groups in total. The lowest BCUT2D eigenvalue weighted by atomic mass is 9.90. The molecule has 0 aromatic heterocycles. The van der Waals surface area contributed by atoms with Crippen LogP contribution in [0.25, 0.3) is 5.57 Å². The van der Waals surface area contributed by atoms with Crippen LogP contribution in [-0.4, -0.2) is 0 Å². The fourth-order valence-corrected chi connectivity index (χ4v) is 3.20. The van der Waals surface area contributed by atoms with Gasteiger partial charge in [-0.1, -0.05) is 43.3 Å². The Morgan fingerprint density at radius 1 is 1.19 bits per heavy atom. The van der Waals surface area contributed by atoms with Gasteiger partial charge in [0.2, 0.25) is 0 Å². The summed E-state index contributed by atoms with van der Waals surface area (Å²) in [4.78, 5) is 0. The topological polar surface area (TPSA) is 0 Å². The minimum Gasteiger partial charge on any atom is -0.0767 e. The van der Waals surface area contributed by atoms with Crippen LogP contribution in [0.5, 0.6) is 0 Å². The normalized spacial score (nSPS) is 27.6. The smallest absolute Gasteiger partial charge is 0.00324 e. The van der Waals surface area contributed by atoms with E-state index in [1.165, 1.54) is 29.5 Å². The van der Waals surface area contributed by atoms with Crippen molar-refractivity contribution in [3.05, 3.63) is 53.1 Å². The highest BCUT2D eigenvalue weighted by molar-refractivity contribution is 5.78. The third-order valence-electron chi connectivity index (χ3n) is 3.91. The standard InChI is InChI=1S/C16H18/c1-11-9-13-5-3-4-6-15(13)16-12(2)7-8-14(16)10-11/h3-8,11,14H,9-10H2,1-2H3. The molecule has 82 valence electrons. The second-order valence-corrected chi connectivity index (χ2v) is 5.26. The Balaban J connectivity index is 2.19. The Kier molecular flexibility index (Phi) is 2.24. The number of fused-ring (bicyclic) bond motifs is 3. The van der Waals surface area contributed by atoms with Gasteiger partial charge in [-0.2, -0.15) is 0 Å². The maximum absolute atomic E-state index is 2.39. The average Bonchev–Trinajstić information content (AvgIpc) is 2.55. The lowest BCUT2D eigenvalue weighted by Gasteiger charge is -2.14. The summed E-state index contributed by atoms with van der Waals surface area (Å²) >= 11 is 0. The molecule has 0 heteroatoms. The molecule has 2 aliphatic rings. The molecule has 3 rings (SSSR count). The summed E-state index contributed by atoms with van der Waals surface area (Å²) in [5.41, 5.74) is 6.08. The van der Waals surface area contributed by atoms with E-state index in [2.05, 4.69) is 50.3 Å². The van der Waals surface area contributed by atoms with Gasteiger partial charge in [0.1, 0.15) is 0 Å². The number of rotatable bonds is 0. The Hall–Kier alpha value is -1.30. The molecule has 1 aromatic carbocycles. The molecule has 0 bridgehead atoms. The molecule has 0 amide bonds. The second-order valence-electron chi connectivity index (χ2n) is 5.26. The maximum Gasteiger partial charge on any atom is 0.00324 e. The van der Waals surface area contributed by atoms with E-state index in [0.717, 1.165) is 5.92 Å². The van der Waals surface area contributed by atoms with Crippen molar-refractivity contribution >= 4 is 5.57 Å². The molecule has 0 radical (unpaired) electrons. The van der Waals surface area contributed by atoms with Crippen molar-refractivity contribution in [3.63, 3.8) is 0 Å². The Labute approximate surface area is 97.7 Å². The van der Waals surface area contributed by atoms with Crippen LogP contribution in [0, 0.1) is 11.8 Å². The first-order chi connectivity index (χ1) is 7.75. The van der Waals surface area contributed by atoms with E-state index in [1.807, 2.05) is 0 Å². The van der Waals surface area contributed by atoms with E-state index in [0.29, 0.717) is 5.92 Å². The van der Waals surface area contributed by atoms with Gasteiger partial charge in [0.25, 0.3) is 0 Å². The third-order valence-corrected chi connectivity index (χ3v) is 3.91. The van der Waals surface area contributed by atoms with Crippen molar-refractivity contribution in [1.29, 1.82) is 0 Å². The van der Waals surface area contributed by atoms with Gasteiger partial charge in [-0.05, 0) is 48.0 Å². The fraction of sp³-hybridized carbons (Fsp3) is 0.375. The lowest BCUT2D eigenvalue weighted by molar-refractivity contribution is 0.506. The summed E-state index contributed by atoms with van der Waals surface area (Å²) in [5.74, 6) is 1.46. The van der Waals surface area contributed by atoms with Crippen molar-refractivity contribution in [2.45, 2.75) is 26.7 Å². The van der Waals surface area contributed by atoms with Gasteiger partial charge in [-0.3, -0.25) is 0 Å². The third kappa shape index (κ3) is 1.44. The minimum atomic E-state index is 0.665. The molecule has 1 aromatic rings. The number of allylic oxidation sites excluding steroid dienone is 4. The zero-order valence-electron chi connectivity index (χ0n) is 10.0. The van der Waals surface area contributed by atoms with Crippen molar-refractivity contribution in [2.75, 3.05) is 0 Å². The maximum atomic E-state index is 2.39. The van der Waals surface area contributed by atoms with Gasteiger partial charge in [0.15, 0.2) is 0 Å². The summed E-state index contributed by atoms with van der Waals surface area (Å²) in [6, 6.07) is 8.94. The first-order valence-corrected chi connectivity index (χ1v) is 6.23. The molecule has 2 atom stereocenters. The van der Waals surface area contributed by atoms with Gasteiger partial charge in [0.05, 0.1) is 0 Å². The van der Waals surface area contributed by atoms with E-state index < -0.39 is 0 Å². The van der Waals surface area contributed by atoms with Gasteiger partial charge in [-0.15, -0.1) is 0 Å². The molecule has 0 heterocycles. The van der Waals surface area contributed by atoms with Crippen molar-refractivity contribution in [1.82, 2.24) is 0 Å². The summed E-state index contributed by atoms with van der Waals surface area (Å²) < 4.78 is 0. The van der Waals surface area contributed by atoms with Gasteiger partial charge < -0.3 is 0 Å². The van der Waals surface area contributed by atoms with Crippen LogP contribution in [0.2, 0.25) is 0 Å². The van der Waals surface area contributed by atoms with Gasteiger partial charge in [-0.25, -0.2) is 0 Å². The second kappa shape index (κ2) is 3.62. The zero-order chi connectivity index (χ0) is 11.1. The predicted octanol–water partition coefficient (Wildman–Crippen LogP) is 4.23. The zero-order valence-corrected chi connectivity index (χ0v) is 10.0. The van der Waals surface area contributed by atoms with Crippen LogP contribution in [0.4, 0.5) is 0 Å². The van der Waals surface area contributed by atoms with E-state index in [1.54, 1.807) is 5.57 Å². The summed E-state index contributed by atoms with van der Waals surface area (Å²) in [6.07, 6.45) is 7.23. The largest absolute Gasteiger partial charge is 0.0767 e. The van der Waals surface area contributed by atoms with Crippen LogP contribution in [0.15, 0.2) is 42.0 Å². The Morgan fingerprint density at radius 3 is 2.88 bits per heavy atom. The highest BCUT2D eigenvalue weighted by Gasteiger charge is 2.27. The minimum absolute atomic E-state index is 0.665. The first kappa shape index (κ1) is 9.89. The average molecular weight is 210 g/mol. The van der Waals surface area contributed by atoms with Crippen molar-refractivity contribution in [3.8, 4) is 0 Å². The van der Waals surface area contributed by atoms with E-state index in [9.17, 15) is 0 Å². The molecule has 0 spiro atoms. The summed E-state index contributed by atoms with van der Waals surface area (Å²) in [7, 11) is 0.